The zero-order valence-electron chi connectivity index (χ0n) is 11.8. The van der Waals surface area contributed by atoms with Crippen LogP contribution in [-0.4, -0.2) is 18.7 Å². The molecule has 0 fully saturated rings. The van der Waals surface area contributed by atoms with Crippen LogP contribution >= 0.6 is 11.6 Å². The third-order valence-electron chi connectivity index (χ3n) is 4.04. The maximum atomic E-state index is 13.3. The number of anilines is 1. The number of aliphatic hydroxyl groups excluding tert-OH is 1. The summed E-state index contributed by atoms with van der Waals surface area (Å²) >= 11 is 6.06. The Kier molecular flexibility index (Phi) is 3.87. The SMILES string of the molecule is CN1CCc2cc(C(O)Cc3cc(F)ccc3Cl)ccc21. The van der Waals surface area contributed by atoms with E-state index in [4.69, 9.17) is 11.6 Å². The molecule has 2 aromatic rings. The van der Waals surface area contributed by atoms with Gasteiger partial charge in [0.15, 0.2) is 0 Å². The van der Waals surface area contributed by atoms with Gasteiger partial charge in [-0.25, -0.2) is 4.39 Å². The molecule has 2 nitrogen and oxygen atoms in total. The Bertz CT molecular complexity index is 674. The molecule has 1 aliphatic heterocycles. The molecule has 0 saturated heterocycles. The standard InChI is InChI=1S/C17H17ClFNO/c1-20-7-6-11-8-12(2-5-16(11)20)17(21)10-13-9-14(19)3-4-15(13)18/h2-5,8-9,17,21H,6-7,10H2,1H3. The van der Waals surface area contributed by atoms with E-state index < -0.39 is 6.10 Å². The smallest absolute Gasteiger partial charge is 0.123 e. The van der Waals surface area contributed by atoms with Crippen molar-refractivity contribution >= 4 is 17.3 Å². The highest BCUT2D eigenvalue weighted by atomic mass is 35.5. The monoisotopic (exact) mass is 305 g/mol. The van der Waals surface area contributed by atoms with Crippen molar-refractivity contribution in [1.82, 2.24) is 0 Å². The van der Waals surface area contributed by atoms with Gasteiger partial charge in [0.25, 0.3) is 0 Å². The lowest BCUT2D eigenvalue weighted by Gasteiger charge is -2.15. The van der Waals surface area contributed by atoms with E-state index in [1.54, 1.807) is 0 Å². The normalized spacial score (nSPS) is 15.1. The number of hydrogen-bond donors (Lipinski definition) is 1. The first-order valence-electron chi connectivity index (χ1n) is 7.00. The van der Waals surface area contributed by atoms with E-state index >= 15 is 0 Å². The first kappa shape index (κ1) is 14.4. The summed E-state index contributed by atoms with van der Waals surface area (Å²) < 4.78 is 13.3. The van der Waals surface area contributed by atoms with Crippen LogP contribution in [0.2, 0.25) is 5.02 Å². The molecule has 1 aliphatic rings. The van der Waals surface area contributed by atoms with Crippen molar-refractivity contribution < 1.29 is 9.50 Å². The number of benzene rings is 2. The molecule has 1 unspecified atom stereocenters. The molecule has 0 aliphatic carbocycles. The minimum absolute atomic E-state index is 0.311. The molecule has 1 atom stereocenters. The molecular weight excluding hydrogens is 289 g/mol. The molecule has 0 radical (unpaired) electrons. The third kappa shape index (κ3) is 2.89. The molecule has 0 bridgehead atoms. The topological polar surface area (TPSA) is 23.5 Å². The Labute approximate surface area is 128 Å². The maximum Gasteiger partial charge on any atom is 0.123 e. The highest BCUT2D eigenvalue weighted by Gasteiger charge is 2.18. The van der Waals surface area contributed by atoms with E-state index in [-0.39, 0.29) is 5.82 Å². The van der Waals surface area contributed by atoms with Gasteiger partial charge in [-0.2, -0.15) is 0 Å². The van der Waals surface area contributed by atoms with Crippen LogP contribution in [0, 0.1) is 5.82 Å². The second-order valence-electron chi connectivity index (χ2n) is 5.52. The average molecular weight is 306 g/mol. The van der Waals surface area contributed by atoms with Gasteiger partial charge in [-0.05, 0) is 47.4 Å². The molecule has 0 aromatic heterocycles. The summed E-state index contributed by atoms with van der Waals surface area (Å²) in [5.74, 6) is -0.336. The fourth-order valence-corrected chi connectivity index (χ4v) is 3.01. The summed E-state index contributed by atoms with van der Waals surface area (Å²) in [6.07, 6.45) is 0.624. The van der Waals surface area contributed by atoms with Crippen molar-refractivity contribution in [3.8, 4) is 0 Å². The van der Waals surface area contributed by atoms with Crippen LogP contribution in [0.3, 0.4) is 0 Å². The lowest BCUT2D eigenvalue weighted by Crippen LogP contribution is -2.12. The van der Waals surface area contributed by atoms with Crippen LogP contribution in [0.5, 0.6) is 0 Å². The van der Waals surface area contributed by atoms with Crippen molar-refractivity contribution in [2.24, 2.45) is 0 Å². The number of hydrogen-bond acceptors (Lipinski definition) is 2. The number of likely N-dealkylation sites (N-methyl/N-ethyl adjacent to an activating group) is 1. The maximum absolute atomic E-state index is 13.3. The third-order valence-corrected chi connectivity index (χ3v) is 4.41. The number of aliphatic hydroxyl groups is 1. The molecule has 1 heterocycles. The Morgan fingerprint density at radius 3 is 2.90 bits per heavy atom. The summed E-state index contributed by atoms with van der Waals surface area (Å²) in [6.45, 7) is 1.00. The molecule has 4 heteroatoms. The average Bonchev–Trinajstić information content (AvgIpc) is 2.84. The van der Waals surface area contributed by atoms with Gasteiger partial charge in [0.05, 0.1) is 6.10 Å². The molecule has 0 saturated carbocycles. The van der Waals surface area contributed by atoms with E-state index in [0.717, 1.165) is 18.5 Å². The van der Waals surface area contributed by atoms with Crippen molar-refractivity contribution in [1.29, 1.82) is 0 Å². The fourth-order valence-electron chi connectivity index (χ4n) is 2.82. The van der Waals surface area contributed by atoms with E-state index in [1.165, 1.54) is 29.4 Å². The molecule has 0 spiro atoms. The summed E-state index contributed by atoms with van der Waals surface area (Å²) in [4.78, 5) is 2.20. The minimum atomic E-state index is -0.680. The Morgan fingerprint density at radius 2 is 2.10 bits per heavy atom. The molecule has 21 heavy (non-hydrogen) atoms. The molecular formula is C17H17ClFNO. The van der Waals surface area contributed by atoms with Crippen molar-refractivity contribution in [3.05, 3.63) is 63.9 Å². The summed E-state index contributed by atoms with van der Waals surface area (Å²) in [6, 6.07) is 10.2. The Morgan fingerprint density at radius 1 is 1.29 bits per heavy atom. The number of nitrogens with zero attached hydrogens (tertiary/aromatic N) is 1. The quantitative estimate of drug-likeness (QED) is 0.933. The van der Waals surface area contributed by atoms with E-state index in [2.05, 4.69) is 11.9 Å². The summed E-state index contributed by atoms with van der Waals surface area (Å²) in [5, 5.41) is 10.9. The minimum Gasteiger partial charge on any atom is -0.388 e. The summed E-state index contributed by atoms with van der Waals surface area (Å²) in [5.41, 5.74) is 3.94. The number of halogens is 2. The zero-order chi connectivity index (χ0) is 15.0. The van der Waals surface area contributed by atoms with E-state index in [0.29, 0.717) is 17.0 Å². The van der Waals surface area contributed by atoms with Gasteiger partial charge in [0.1, 0.15) is 5.82 Å². The van der Waals surface area contributed by atoms with Crippen molar-refractivity contribution in [2.75, 3.05) is 18.5 Å². The lowest BCUT2D eigenvalue weighted by molar-refractivity contribution is 0.178. The Balaban J connectivity index is 1.82. The highest BCUT2D eigenvalue weighted by Crippen LogP contribution is 2.31. The van der Waals surface area contributed by atoms with Crippen LogP contribution in [0.1, 0.15) is 22.8 Å². The van der Waals surface area contributed by atoms with Gasteiger partial charge in [-0.1, -0.05) is 23.7 Å². The first-order chi connectivity index (χ1) is 10.0. The fraction of sp³-hybridized carbons (Fsp3) is 0.294. The Hall–Kier alpha value is -1.58. The van der Waals surface area contributed by atoms with Gasteiger partial charge in [0.2, 0.25) is 0 Å². The predicted octanol–water partition coefficient (Wildman–Crippen LogP) is 3.75. The molecule has 2 aromatic carbocycles. The highest BCUT2D eigenvalue weighted by molar-refractivity contribution is 6.31. The first-order valence-corrected chi connectivity index (χ1v) is 7.38. The lowest BCUT2D eigenvalue weighted by atomic mass is 9.99. The van der Waals surface area contributed by atoms with Crippen LogP contribution in [0.4, 0.5) is 10.1 Å². The van der Waals surface area contributed by atoms with Gasteiger partial charge < -0.3 is 10.0 Å². The van der Waals surface area contributed by atoms with Gasteiger partial charge >= 0.3 is 0 Å². The van der Waals surface area contributed by atoms with Gasteiger partial charge in [-0.15, -0.1) is 0 Å². The van der Waals surface area contributed by atoms with Crippen LogP contribution in [0.15, 0.2) is 36.4 Å². The second-order valence-corrected chi connectivity index (χ2v) is 5.92. The molecule has 0 amide bonds. The molecule has 3 rings (SSSR count). The number of fused-ring (bicyclic) bond motifs is 1. The summed E-state index contributed by atoms with van der Waals surface area (Å²) in [7, 11) is 2.06. The van der Waals surface area contributed by atoms with Crippen LogP contribution in [-0.2, 0) is 12.8 Å². The van der Waals surface area contributed by atoms with E-state index in [9.17, 15) is 9.50 Å². The largest absolute Gasteiger partial charge is 0.388 e. The zero-order valence-corrected chi connectivity index (χ0v) is 12.6. The van der Waals surface area contributed by atoms with Gasteiger partial charge in [0, 0.05) is 30.7 Å². The van der Waals surface area contributed by atoms with Crippen LogP contribution < -0.4 is 4.90 Å². The predicted molar refractivity (Wildman–Crippen MR) is 83.5 cm³/mol. The van der Waals surface area contributed by atoms with Crippen LogP contribution in [0.25, 0.3) is 0 Å². The second kappa shape index (κ2) is 5.66. The number of rotatable bonds is 3. The van der Waals surface area contributed by atoms with Crippen molar-refractivity contribution in [2.45, 2.75) is 18.9 Å². The molecule has 1 N–H and O–H groups in total. The van der Waals surface area contributed by atoms with Crippen molar-refractivity contribution in [3.63, 3.8) is 0 Å². The van der Waals surface area contributed by atoms with Gasteiger partial charge in [-0.3, -0.25) is 0 Å². The van der Waals surface area contributed by atoms with E-state index in [1.807, 2.05) is 18.2 Å². The molecule has 110 valence electrons.